The van der Waals surface area contributed by atoms with Crippen molar-refractivity contribution in [1.29, 1.82) is 0 Å². The zero-order valence-electron chi connectivity index (χ0n) is 25.5. The summed E-state index contributed by atoms with van der Waals surface area (Å²) >= 11 is 0. The van der Waals surface area contributed by atoms with Crippen LogP contribution >= 0.6 is 0 Å². The molecule has 0 amide bonds. The lowest BCUT2D eigenvalue weighted by Crippen LogP contribution is -2.63. The van der Waals surface area contributed by atoms with E-state index in [9.17, 15) is 40.5 Å². The molecule has 12 nitrogen and oxygen atoms in total. The summed E-state index contributed by atoms with van der Waals surface area (Å²) in [7, 11) is 0. The third kappa shape index (κ3) is 12.6. The Morgan fingerprint density at radius 1 is 0.667 bits per heavy atom. The molecule has 0 radical (unpaired) electrons. The molecular formula is C30H56O12. The molecule has 2 heterocycles. The average Bonchev–Trinajstić information content (AvgIpc) is 2.93. The molecule has 42 heavy (non-hydrogen) atoms. The first kappa shape index (κ1) is 37.3. The Kier molecular flexibility index (Phi) is 17.3. The highest BCUT2D eigenvalue weighted by Gasteiger charge is 2.50. The molecule has 2 fully saturated rings. The van der Waals surface area contributed by atoms with Crippen LogP contribution < -0.4 is 0 Å². The molecule has 12 heteroatoms. The molecule has 12 atom stereocenters. The molecule has 2 aliphatic rings. The van der Waals surface area contributed by atoms with Crippen molar-refractivity contribution in [3.05, 3.63) is 0 Å². The molecule has 0 aromatic heterocycles. The summed E-state index contributed by atoms with van der Waals surface area (Å²) in [6, 6.07) is 0. The number of carboxylic acid groups (broad SMARTS) is 1. The number of carbonyl (C=O) groups is 1. The van der Waals surface area contributed by atoms with Crippen LogP contribution in [0.3, 0.4) is 0 Å². The van der Waals surface area contributed by atoms with Crippen molar-refractivity contribution in [1.82, 2.24) is 0 Å². The first-order valence-corrected chi connectivity index (χ1v) is 15.8. The minimum Gasteiger partial charge on any atom is -0.481 e. The molecule has 0 aliphatic carbocycles. The van der Waals surface area contributed by atoms with Crippen molar-refractivity contribution in [2.75, 3.05) is 0 Å². The summed E-state index contributed by atoms with van der Waals surface area (Å²) in [4.78, 5) is 11.6. The van der Waals surface area contributed by atoms with E-state index in [1.165, 1.54) is 39.0 Å². The lowest BCUT2D eigenvalue weighted by Gasteiger charge is -2.46. The predicted molar refractivity (Wildman–Crippen MR) is 152 cm³/mol. The van der Waals surface area contributed by atoms with Gasteiger partial charge in [0.2, 0.25) is 0 Å². The summed E-state index contributed by atoms with van der Waals surface area (Å²) in [5.74, 6) is -1.05. The van der Waals surface area contributed by atoms with Crippen molar-refractivity contribution in [2.45, 2.75) is 184 Å². The second kappa shape index (κ2) is 19.5. The van der Waals surface area contributed by atoms with Gasteiger partial charge < -0.3 is 54.7 Å². The lowest BCUT2D eigenvalue weighted by atomic mass is 9.97. The van der Waals surface area contributed by atoms with Gasteiger partial charge in [0.15, 0.2) is 12.6 Å². The second-order valence-corrected chi connectivity index (χ2v) is 12.1. The number of ether oxygens (including phenoxy) is 4. The largest absolute Gasteiger partial charge is 0.481 e. The van der Waals surface area contributed by atoms with Crippen molar-refractivity contribution in [2.24, 2.45) is 0 Å². The normalized spacial score (nSPS) is 35.2. The maximum absolute atomic E-state index is 11.6. The molecular weight excluding hydrogens is 552 g/mol. The van der Waals surface area contributed by atoms with Crippen LogP contribution in [0.15, 0.2) is 0 Å². The fraction of sp³-hybridized carbons (Fsp3) is 0.967. The third-order valence-electron chi connectivity index (χ3n) is 8.26. The summed E-state index contributed by atoms with van der Waals surface area (Å²) in [5.41, 5.74) is 0. The highest BCUT2D eigenvalue weighted by molar-refractivity contribution is 5.67. The Bertz CT molecular complexity index is 739. The van der Waals surface area contributed by atoms with E-state index >= 15 is 0 Å². The van der Waals surface area contributed by atoms with E-state index in [-0.39, 0.29) is 12.5 Å². The minimum atomic E-state index is -1.64. The third-order valence-corrected chi connectivity index (χ3v) is 8.26. The standard InChI is InChI=1S/C30H56O12/c1-18(31)15-13-11-9-7-5-4-6-8-10-12-14-16-21(17-22(32)33)41-30-28(26(37)24(35)20(3)40-30)42-29-27(38)25(36)23(34)19(2)39-29/h18-21,23-31,34-38H,4-17H2,1-3H3,(H,32,33)/t18-,19+,20+,21-,23+,24+,25-,26-,27-,28-,29+,30+/m1/s1. The van der Waals surface area contributed by atoms with Gasteiger partial charge in [0.25, 0.3) is 0 Å². The van der Waals surface area contributed by atoms with Gasteiger partial charge in [0.05, 0.1) is 30.8 Å². The van der Waals surface area contributed by atoms with E-state index in [1.807, 2.05) is 6.92 Å². The number of carboxylic acids is 1. The number of rotatable bonds is 20. The molecule has 0 bridgehead atoms. The zero-order valence-corrected chi connectivity index (χ0v) is 25.5. The molecule has 2 aliphatic heterocycles. The Morgan fingerprint density at radius 3 is 1.62 bits per heavy atom. The summed E-state index contributed by atoms with van der Waals surface area (Å²) in [6.45, 7) is 4.86. The van der Waals surface area contributed by atoms with Gasteiger partial charge in [-0.15, -0.1) is 0 Å². The van der Waals surface area contributed by atoms with Crippen LogP contribution in [0.4, 0.5) is 0 Å². The van der Waals surface area contributed by atoms with E-state index in [1.54, 1.807) is 6.92 Å². The van der Waals surface area contributed by atoms with Crippen LogP contribution in [0.25, 0.3) is 0 Å². The molecule has 0 unspecified atom stereocenters. The van der Waals surface area contributed by atoms with Gasteiger partial charge in [0, 0.05) is 0 Å². The highest BCUT2D eigenvalue weighted by atomic mass is 16.8. The Hall–Kier alpha value is -0.930. The molecule has 0 spiro atoms. The second-order valence-electron chi connectivity index (χ2n) is 12.1. The number of hydrogen-bond acceptors (Lipinski definition) is 11. The minimum absolute atomic E-state index is 0.208. The van der Waals surface area contributed by atoms with Gasteiger partial charge in [-0.1, -0.05) is 70.6 Å². The molecule has 0 saturated carbocycles. The van der Waals surface area contributed by atoms with Gasteiger partial charge in [-0.25, -0.2) is 0 Å². The van der Waals surface area contributed by atoms with Crippen LogP contribution in [0.5, 0.6) is 0 Å². The topological polar surface area (TPSA) is 196 Å². The van der Waals surface area contributed by atoms with Gasteiger partial charge in [0.1, 0.15) is 36.6 Å². The average molecular weight is 609 g/mol. The fourth-order valence-electron chi connectivity index (χ4n) is 5.54. The number of hydrogen-bond donors (Lipinski definition) is 7. The molecule has 2 rings (SSSR count). The lowest BCUT2D eigenvalue weighted by molar-refractivity contribution is -0.366. The number of aliphatic hydroxyl groups is 6. The van der Waals surface area contributed by atoms with Crippen LogP contribution in [0.1, 0.15) is 111 Å². The summed E-state index contributed by atoms with van der Waals surface area (Å²) in [5, 5.41) is 70.4. The molecule has 248 valence electrons. The van der Waals surface area contributed by atoms with Gasteiger partial charge >= 0.3 is 5.97 Å². The molecule has 0 aromatic carbocycles. The fourth-order valence-corrected chi connectivity index (χ4v) is 5.54. The number of aliphatic hydroxyl groups excluding tert-OH is 6. The first-order valence-electron chi connectivity index (χ1n) is 15.8. The Labute approximate surface area is 249 Å². The molecule has 2 saturated heterocycles. The zero-order chi connectivity index (χ0) is 31.2. The Balaban J connectivity index is 1.81. The Morgan fingerprint density at radius 2 is 1.12 bits per heavy atom. The van der Waals surface area contributed by atoms with Crippen LogP contribution in [-0.4, -0.2) is 115 Å². The van der Waals surface area contributed by atoms with Crippen molar-refractivity contribution in [3.8, 4) is 0 Å². The van der Waals surface area contributed by atoms with Gasteiger partial charge in [-0.3, -0.25) is 4.79 Å². The smallest absolute Gasteiger partial charge is 0.305 e. The number of aliphatic carboxylic acids is 1. The van der Waals surface area contributed by atoms with Crippen LogP contribution in [-0.2, 0) is 23.7 Å². The van der Waals surface area contributed by atoms with E-state index < -0.39 is 73.5 Å². The first-order chi connectivity index (χ1) is 19.9. The molecule has 0 aromatic rings. The van der Waals surface area contributed by atoms with Gasteiger partial charge in [-0.05, 0) is 33.6 Å². The highest BCUT2D eigenvalue weighted by Crippen LogP contribution is 2.31. The van der Waals surface area contributed by atoms with Crippen molar-refractivity contribution in [3.63, 3.8) is 0 Å². The molecule has 7 N–H and O–H groups in total. The van der Waals surface area contributed by atoms with Gasteiger partial charge in [-0.2, -0.15) is 0 Å². The van der Waals surface area contributed by atoms with E-state index in [0.717, 1.165) is 44.9 Å². The van der Waals surface area contributed by atoms with Crippen LogP contribution in [0, 0.1) is 0 Å². The maximum atomic E-state index is 11.6. The monoisotopic (exact) mass is 608 g/mol. The summed E-state index contributed by atoms with van der Waals surface area (Å²) in [6.07, 6.45) is -1.09. The maximum Gasteiger partial charge on any atom is 0.305 e. The quantitative estimate of drug-likeness (QED) is 0.0995. The SMILES string of the molecule is C[C@@H]1O[C@@H](O[C@H]2[C@H](O[C@H](CCCCCCCCCCCCC[C@@H](C)O)CC(=O)O)O[C@@H](C)[C@H](O)[C@H]2O)[C@H](O)[C@H](O)[C@H]1O. The number of unbranched alkanes of at least 4 members (excludes halogenated alkanes) is 10. The van der Waals surface area contributed by atoms with E-state index in [4.69, 9.17) is 18.9 Å². The van der Waals surface area contributed by atoms with Crippen molar-refractivity contribution < 1.29 is 59.5 Å². The van der Waals surface area contributed by atoms with E-state index in [0.29, 0.717) is 6.42 Å². The van der Waals surface area contributed by atoms with E-state index in [2.05, 4.69) is 0 Å². The predicted octanol–water partition coefficient (Wildman–Crippen LogP) is 1.98. The van der Waals surface area contributed by atoms with Crippen LogP contribution in [0.2, 0.25) is 0 Å². The van der Waals surface area contributed by atoms with Crippen molar-refractivity contribution >= 4 is 5.97 Å². The summed E-state index contributed by atoms with van der Waals surface area (Å²) < 4.78 is 23.0.